The zero-order chi connectivity index (χ0) is 9.97. The molecule has 1 aromatic rings. The molecule has 0 aromatic carbocycles. The summed E-state index contributed by atoms with van der Waals surface area (Å²) in [5, 5.41) is 0. The number of anilines is 2. The lowest BCUT2D eigenvalue weighted by Crippen LogP contribution is -2.31. The van der Waals surface area contributed by atoms with Crippen LogP contribution in [0.25, 0.3) is 0 Å². The van der Waals surface area contributed by atoms with Gasteiger partial charge >= 0.3 is 0 Å². The summed E-state index contributed by atoms with van der Waals surface area (Å²) in [5.74, 6) is 0.560. The van der Waals surface area contributed by atoms with Gasteiger partial charge in [0.25, 0.3) is 0 Å². The second-order valence-electron chi connectivity index (χ2n) is 3.57. The smallest absolute Gasteiger partial charge is 0.123 e. The minimum absolute atomic E-state index is 0.473. The maximum absolute atomic E-state index is 5.53. The van der Waals surface area contributed by atoms with Crippen molar-refractivity contribution in [3.63, 3.8) is 0 Å². The van der Waals surface area contributed by atoms with E-state index in [1.807, 2.05) is 12.1 Å². The third-order valence-electron chi connectivity index (χ3n) is 2.63. The normalized spacial score (nSPS) is 21.1. The molecule has 1 unspecified atom stereocenters. The van der Waals surface area contributed by atoms with Crippen molar-refractivity contribution >= 4 is 11.5 Å². The molecule has 1 aliphatic rings. The molecule has 0 bridgehead atoms. The van der Waals surface area contributed by atoms with Crippen molar-refractivity contribution in [1.82, 2.24) is 4.98 Å². The van der Waals surface area contributed by atoms with Gasteiger partial charge in [-0.15, -0.1) is 0 Å². The molecule has 0 amide bonds. The van der Waals surface area contributed by atoms with Crippen LogP contribution in [0.2, 0.25) is 0 Å². The number of pyridine rings is 1. The molecule has 1 fully saturated rings. The fourth-order valence-corrected chi connectivity index (χ4v) is 1.64. The lowest BCUT2D eigenvalue weighted by atomic mass is 10.2. The lowest BCUT2D eigenvalue weighted by Gasteiger charge is -2.24. The summed E-state index contributed by atoms with van der Waals surface area (Å²) in [7, 11) is 2.06. The maximum Gasteiger partial charge on any atom is 0.123 e. The van der Waals surface area contributed by atoms with Crippen molar-refractivity contribution < 1.29 is 4.74 Å². The van der Waals surface area contributed by atoms with Gasteiger partial charge in [-0.25, -0.2) is 4.98 Å². The quantitative estimate of drug-likeness (QED) is 0.757. The molecule has 0 radical (unpaired) electrons. The Bertz CT molecular complexity index is 293. The molecule has 2 N–H and O–H groups in total. The summed E-state index contributed by atoms with van der Waals surface area (Å²) in [4.78, 5) is 6.26. The van der Waals surface area contributed by atoms with Crippen molar-refractivity contribution in [2.75, 3.05) is 30.9 Å². The Morgan fingerprint density at radius 3 is 3.00 bits per heavy atom. The van der Waals surface area contributed by atoms with E-state index in [4.69, 9.17) is 10.5 Å². The molecule has 1 saturated heterocycles. The number of nitrogens with zero attached hydrogens (tertiary/aromatic N) is 2. The van der Waals surface area contributed by atoms with E-state index < -0.39 is 0 Å². The van der Waals surface area contributed by atoms with Crippen LogP contribution in [0.15, 0.2) is 18.3 Å². The first-order valence-corrected chi connectivity index (χ1v) is 4.79. The first kappa shape index (κ1) is 9.27. The standard InChI is InChI=1S/C10H15N3O/c1-13(9-4-5-14-7-9)8-2-3-10(11)12-6-8/h2-3,6,9H,4-5,7H2,1H3,(H2,11,12). The van der Waals surface area contributed by atoms with E-state index in [0.717, 1.165) is 25.3 Å². The van der Waals surface area contributed by atoms with Crippen LogP contribution in [0.5, 0.6) is 0 Å². The summed E-state index contributed by atoms with van der Waals surface area (Å²) in [6.07, 6.45) is 2.88. The first-order valence-electron chi connectivity index (χ1n) is 4.79. The molecule has 1 aliphatic heterocycles. The predicted octanol–water partition coefficient (Wildman–Crippen LogP) is 0.889. The van der Waals surface area contributed by atoms with Crippen LogP contribution in [0.1, 0.15) is 6.42 Å². The molecule has 2 heterocycles. The SMILES string of the molecule is CN(c1ccc(N)nc1)C1CCOC1. The van der Waals surface area contributed by atoms with Gasteiger partial charge in [0, 0.05) is 13.7 Å². The highest BCUT2D eigenvalue weighted by atomic mass is 16.5. The second-order valence-corrected chi connectivity index (χ2v) is 3.57. The Hall–Kier alpha value is -1.29. The van der Waals surface area contributed by atoms with E-state index in [9.17, 15) is 0 Å². The molecule has 2 rings (SSSR count). The summed E-state index contributed by atoms with van der Waals surface area (Å²) in [6, 6.07) is 4.28. The molecule has 14 heavy (non-hydrogen) atoms. The van der Waals surface area contributed by atoms with E-state index in [2.05, 4.69) is 16.9 Å². The van der Waals surface area contributed by atoms with Gasteiger partial charge in [0.15, 0.2) is 0 Å². The van der Waals surface area contributed by atoms with Gasteiger partial charge in [-0.1, -0.05) is 0 Å². The monoisotopic (exact) mass is 193 g/mol. The molecular weight excluding hydrogens is 178 g/mol. The number of nitrogen functional groups attached to an aromatic ring is 1. The minimum atomic E-state index is 0.473. The lowest BCUT2D eigenvalue weighted by molar-refractivity contribution is 0.193. The summed E-state index contributed by atoms with van der Waals surface area (Å²) < 4.78 is 5.34. The highest BCUT2D eigenvalue weighted by Gasteiger charge is 2.20. The largest absolute Gasteiger partial charge is 0.384 e. The van der Waals surface area contributed by atoms with Crippen LogP contribution in [0.3, 0.4) is 0 Å². The number of rotatable bonds is 2. The Kier molecular flexibility index (Phi) is 2.54. The third kappa shape index (κ3) is 1.80. The zero-order valence-electron chi connectivity index (χ0n) is 8.31. The summed E-state index contributed by atoms with van der Waals surface area (Å²) in [5.41, 5.74) is 6.62. The maximum atomic E-state index is 5.53. The number of hydrogen-bond acceptors (Lipinski definition) is 4. The van der Waals surface area contributed by atoms with Gasteiger partial charge < -0.3 is 15.4 Å². The number of likely N-dealkylation sites (N-methyl/N-ethyl adjacent to an activating group) is 1. The van der Waals surface area contributed by atoms with Crippen molar-refractivity contribution in [2.45, 2.75) is 12.5 Å². The molecule has 0 saturated carbocycles. The minimum Gasteiger partial charge on any atom is -0.384 e. The van der Waals surface area contributed by atoms with E-state index in [-0.39, 0.29) is 0 Å². The van der Waals surface area contributed by atoms with Crippen LogP contribution >= 0.6 is 0 Å². The average Bonchev–Trinajstić information content (AvgIpc) is 2.71. The molecule has 4 nitrogen and oxygen atoms in total. The van der Waals surface area contributed by atoms with Gasteiger partial charge in [-0.2, -0.15) is 0 Å². The number of ether oxygens (including phenoxy) is 1. The van der Waals surface area contributed by atoms with Crippen molar-refractivity contribution in [3.05, 3.63) is 18.3 Å². The Balaban J connectivity index is 2.09. The van der Waals surface area contributed by atoms with Gasteiger partial charge in [0.05, 0.1) is 24.5 Å². The van der Waals surface area contributed by atoms with Gasteiger partial charge in [-0.3, -0.25) is 0 Å². The number of hydrogen-bond donors (Lipinski definition) is 1. The fourth-order valence-electron chi connectivity index (χ4n) is 1.64. The van der Waals surface area contributed by atoms with Crippen LogP contribution in [-0.2, 0) is 4.74 Å². The van der Waals surface area contributed by atoms with E-state index in [1.165, 1.54) is 0 Å². The highest BCUT2D eigenvalue weighted by Crippen LogP contribution is 2.19. The number of aromatic nitrogens is 1. The number of nitrogens with two attached hydrogens (primary N) is 1. The molecule has 0 aliphatic carbocycles. The fraction of sp³-hybridized carbons (Fsp3) is 0.500. The molecule has 0 spiro atoms. The molecule has 76 valence electrons. The van der Waals surface area contributed by atoms with Crippen molar-refractivity contribution in [1.29, 1.82) is 0 Å². The second kappa shape index (κ2) is 3.84. The van der Waals surface area contributed by atoms with Crippen LogP contribution in [0.4, 0.5) is 11.5 Å². The average molecular weight is 193 g/mol. The molecule has 4 heteroatoms. The van der Waals surface area contributed by atoms with E-state index in [1.54, 1.807) is 6.20 Å². The van der Waals surface area contributed by atoms with Gasteiger partial charge in [0.1, 0.15) is 5.82 Å². The van der Waals surface area contributed by atoms with E-state index in [0.29, 0.717) is 11.9 Å². The van der Waals surface area contributed by atoms with Gasteiger partial charge in [-0.05, 0) is 18.6 Å². The van der Waals surface area contributed by atoms with Crippen LogP contribution in [-0.4, -0.2) is 31.3 Å². The van der Waals surface area contributed by atoms with E-state index >= 15 is 0 Å². The molecule has 1 aromatic heterocycles. The van der Waals surface area contributed by atoms with Crippen LogP contribution < -0.4 is 10.6 Å². The van der Waals surface area contributed by atoms with Crippen molar-refractivity contribution in [2.24, 2.45) is 0 Å². The Morgan fingerprint density at radius 1 is 1.57 bits per heavy atom. The van der Waals surface area contributed by atoms with Gasteiger partial charge in [0.2, 0.25) is 0 Å². The topological polar surface area (TPSA) is 51.4 Å². The first-order chi connectivity index (χ1) is 6.77. The predicted molar refractivity (Wildman–Crippen MR) is 56.3 cm³/mol. The highest BCUT2D eigenvalue weighted by molar-refractivity contribution is 5.48. The molecule has 1 atom stereocenters. The zero-order valence-corrected chi connectivity index (χ0v) is 8.31. The Morgan fingerprint density at radius 2 is 2.43 bits per heavy atom. The Labute approximate surface area is 83.7 Å². The van der Waals surface area contributed by atoms with Crippen molar-refractivity contribution in [3.8, 4) is 0 Å². The summed E-state index contributed by atoms with van der Waals surface area (Å²) in [6.45, 7) is 1.66. The summed E-state index contributed by atoms with van der Waals surface area (Å²) >= 11 is 0. The molecular formula is C10H15N3O. The van der Waals surface area contributed by atoms with Crippen LogP contribution in [0, 0.1) is 0 Å². The third-order valence-corrected chi connectivity index (χ3v) is 2.63.